The number of hydrogen-bond acceptors (Lipinski definition) is 3. The summed E-state index contributed by atoms with van der Waals surface area (Å²) in [7, 11) is 0. The number of carbonyl (C=O) groups is 1. The van der Waals surface area contributed by atoms with Crippen LogP contribution in [0, 0.1) is 13.8 Å². The summed E-state index contributed by atoms with van der Waals surface area (Å²) < 4.78 is 5.73. The van der Waals surface area contributed by atoms with Crippen molar-refractivity contribution in [3.8, 4) is 5.75 Å². The number of hydrogen-bond donors (Lipinski definition) is 1. The maximum Gasteiger partial charge on any atom is 0.260 e. The van der Waals surface area contributed by atoms with Gasteiger partial charge in [-0.2, -0.15) is 0 Å². The van der Waals surface area contributed by atoms with Crippen LogP contribution >= 0.6 is 23.4 Å². The third kappa shape index (κ3) is 5.46. The van der Waals surface area contributed by atoms with Gasteiger partial charge in [-0.05, 0) is 56.2 Å². The number of benzene rings is 2. The molecule has 2 aromatic rings. The van der Waals surface area contributed by atoms with Crippen molar-refractivity contribution in [3.05, 3.63) is 58.6 Å². The van der Waals surface area contributed by atoms with E-state index in [1.54, 1.807) is 18.7 Å². The highest BCUT2D eigenvalue weighted by Crippen LogP contribution is 2.26. The first-order chi connectivity index (χ1) is 11.5. The lowest BCUT2D eigenvalue weighted by molar-refractivity contribution is -0.127. The minimum absolute atomic E-state index is 0.117. The van der Waals surface area contributed by atoms with Crippen LogP contribution in [-0.4, -0.2) is 24.3 Å². The van der Waals surface area contributed by atoms with Gasteiger partial charge < -0.3 is 10.1 Å². The topological polar surface area (TPSA) is 38.3 Å². The lowest BCUT2D eigenvalue weighted by Gasteiger charge is -2.16. The molecule has 0 aliphatic heterocycles. The number of halogens is 1. The predicted octanol–water partition coefficient (Wildman–Crippen LogP) is 4.63. The third-order valence-corrected chi connectivity index (χ3v) is 5.12. The van der Waals surface area contributed by atoms with Crippen molar-refractivity contribution in [2.24, 2.45) is 0 Å². The lowest BCUT2D eigenvalue weighted by Crippen LogP contribution is -2.37. The number of nitrogens with one attached hydrogen (secondary N) is 1. The van der Waals surface area contributed by atoms with Gasteiger partial charge in [0.2, 0.25) is 0 Å². The Morgan fingerprint density at radius 3 is 2.46 bits per heavy atom. The van der Waals surface area contributed by atoms with Crippen LogP contribution in [0.15, 0.2) is 47.4 Å². The summed E-state index contributed by atoms with van der Waals surface area (Å²) >= 11 is 7.86. The van der Waals surface area contributed by atoms with E-state index in [4.69, 9.17) is 16.3 Å². The fourth-order valence-electron chi connectivity index (χ4n) is 2.24. The minimum atomic E-state index is -0.549. The molecule has 0 saturated carbocycles. The van der Waals surface area contributed by atoms with E-state index >= 15 is 0 Å². The molecular formula is C19H22ClNO2S. The fourth-order valence-corrected chi connectivity index (χ4v) is 3.13. The molecule has 24 heavy (non-hydrogen) atoms. The summed E-state index contributed by atoms with van der Waals surface area (Å²) in [5.41, 5.74) is 1.89. The molecule has 5 heteroatoms. The summed E-state index contributed by atoms with van der Waals surface area (Å²) in [5, 5.41) is 3.64. The molecule has 0 heterocycles. The quantitative estimate of drug-likeness (QED) is 0.575. The molecule has 128 valence electrons. The molecule has 2 aromatic carbocycles. The second kappa shape index (κ2) is 9.00. The molecular weight excluding hydrogens is 342 g/mol. The largest absolute Gasteiger partial charge is 0.481 e. The van der Waals surface area contributed by atoms with E-state index in [9.17, 15) is 4.79 Å². The Morgan fingerprint density at radius 1 is 1.21 bits per heavy atom. The molecule has 1 amide bonds. The highest BCUT2D eigenvalue weighted by molar-refractivity contribution is 7.99. The SMILES string of the molecule is Cc1cc(O[C@H](C)C(=O)NCCSc2ccccc2)cc(C)c1Cl. The summed E-state index contributed by atoms with van der Waals surface area (Å²) in [6, 6.07) is 13.8. The van der Waals surface area contributed by atoms with Crippen LogP contribution in [0.1, 0.15) is 18.1 Å². The Morgan fingerprint density at radius 2 is 1.83 bits per heavy atom. The molecule has 1 atom stereocenters. The number of carbonyl (C=O) groups excluding carboxylic acids is 1. The first kappa shape index (κ1) is 18.7. The molecule has 0 aliphatic carbocycles. The van der Waals surface area contributed by atoms with E-state index in [0.29, 0.717) is 12.3 Å². The number of rotatable bonds is 7. The van der Waals surface area contributed by atoms with E-state index in [-0.39, 0.29) is 5.91 Å². The van der Waals surface area contributed by atoms with E-state index in [2.05, 4.69) is 17.4 Å². The van der Waals surface area contributed by atoms with E-state index in [1.807, 2.05) is 44.2 Å². The number of aryl methyl sites for hydroxylation is 2. The molecule has 3 nitrogen and oxygen atoms in total. The Bertz CT molecular complexity index is 668. The van der Waals surface area contributed by atoms with Crippen LogP contribution in [-0.2, 0) is 4.79 Å². The van der Waals surface area contributed by atoms with Gasteiger partial charge >= 0.3 is 0 Å². The molecule has 0 aromatic heterocycles. The van der Waals surface area contributed by atoms with Crippen molar-refractivity contribution in [1.82, 2.24) is 5.32 Å². The molecule has 0 radical (unpaired) electrons. The van der Waals surface area contributed by atoms with Crippen molar-refractivity contribution >= 4 is 29.3 Å². The monoisotopic (exact) mass is 363 g/mol. The summed E-state index contributed by atoms with van der Waals surface area (Å²) in [4.78, 5) is 13.3. The van der Waals surface area contributed by atoms with Crippen molar-refractivity contribution in [1.29, 1.82) is 0 Å². The van der Waals surface area contributed by atoms with Crippen molar-refractivity contribution in [2.45, 2.75) is 31.8 Å². The molecule has 0 fully saturated rings. The third-order valence-electron chi connectivity index (χ3n) is 3.51. The van der Waals surface area contributed by atoms with Crippen molar-refractivity contribution in [3.63, 3.8) is 0 Å². The Kier molecular flexibility index (Phi) is 7.00. The van der Waals surface area contributed by atoms with Crippen LogP contribution in [0.4, 0.5) is 0 Å². The minimum Gasteiger partial charge on any atom is -0.481 e. The molecule has 0 spiro atoms. The fraction of sp³-hybridized carbons (Fsp3) is 0.316. The van der Waals surface area contributed by atoms with E-state index < -0.39 is 6.10 Å². The molecule has 0 bridgehead atoms. The van der Waals surface area contributed by atoms with Crippen LogP contribution in [0.2, 0.25) is 5.02 Å². The van der Waals surface area contributed by atoms with Gasteiger partial charge in [0, 0.05) is 22.2 Å². The van der Waals surface area contributed by atoms with E-state index in [1.165, 1.54) is 4.90 Å². The smallest absolute Gasteiger partial charge is 0.260 e. The van der Waals surface area contributed by atoms with Gasteiger partial charge in [0.15, 0.2) is 6.10 Å². The van der Waals surface area contributed by atoms with Gasteiger partial charge in [-0.25, -0.2) is 0 Å². The van der Waals surface area contributed by atoms with Crippen molar-refractivity contribution < 1.29 is 9.53 Å². The second-order valence-corrected chi connectivity index (χ2v) is 7.13. The van der Waals surface area contributed by atoms with Crippen LogP contribution in [0.5, 0.6) is 5.75 Å². The number of ether oxygens (including phenoxy) is 1. The standard InChI is InChI=1S/C19H22ClNO2S/c1-13-11-16(12-14(2)18(13)20)23-15(3)19(22)21-9-10-24-17-7-5-4-6-8-17/h4-8,11-12,15H,9-10H2,1-3H3,(H,21,22)/t15-/m1/s1. The molecule has 2 rings (SSSR count). The average molecular weight is 364 g/mol. The van der Waals surface area contributed by atoms with Gasteiger partial charge in [0.05, 0.1) is 0 Å². The maximum atomic E-state index is 12.1. The zero-order valence-corrected chi connectivity index (χ0v) is 15.7. The lowest BCUT2D eigenvalue weighted by atomic mass is 10.1. The van der Waals surface area contributed by atoms with E-state index in [0.717, 1.165) is 21.9 Å². The van der Waals surface area contributed by atoms with Gasteiger partial charge in [-0.3, -0.25) is 4.79 Å². The van der Waals surface area contributed by atoms with Gasteiger partial charge in [-0.1, -0.05) is 29.8 Å². The zero-order chi connectivity index (χ0) is 17.5. The summed E-state index contributed by atoms with van der Waals surface area (Å²) in [6.07, 6.45) is -0.549. The number of thioether (sulfide) groups is 1. The normalized spacial score (nSPS) is 11.8. The number of amides is 1. The van der Waals surface area contributed by atoms with Crippen LogP contribution in [0.25, 0.3) is 0 Å². The van der Waals surface area contributed by atoms with Crippen LogP contribution < -0.4 is 10.1 Å². The first-order valence-electron chi connectivity index (χ1n) is 7.86. The summed E-state index contributed by atoms with van der Waals surface area (Å²) in [5.74, 6) is 1.37. The van der Waals surface area contributed by atoms with Gasteiger partial charge in [0.1, 0.15) is 5.75 Å². The summed E-state index contributed by atoms with van der Waals surface area (Å²) in [6.45, 7) is 6.20. The Balaban J connectivity index is 1.78. The Labute approximate surface area is 152 Å². The predicted molar refractivity (Wildman–Crippen MR) is 101 cm³/mol. The molecule has 0 unspecified atom stereocenters. The van der Waals surface area contributed by atoms with Crippen LogP contribution in [0.3, 0.4) is 0 Å². The highest BCUT2D eigenvalue weighted by atomic mass is 35.5. The molecule has 0 saturated heterocycles. The highest BCUT2D eigenvalue weighted by Gasteiger charge is 2.15. The van der Waals surface area contributed by atoms with Gasteiger partial charge in [0.25, 0.3) is 5.91 Å². The van der Waals surface area contributed by atoms with Gasteiger partial charge in [-0.15, -0.1) is 11.8 Å². The zero-order valence-electron chi connectivity index (χ0n) is 14.1. The first-order valence-corrected chi connectivity index (χ1v) is 9.22. The second-order valence-electron chi connectivity index (χ2n) is 5.58. The molecule has 0 aliphatic rings. The average Bonchev–Trinajstić information content (AvgIpc) is 2.57. The maximum absolute atomic E-state index is 12.1. The molecule has 1 N–H and O–H groups in total. The van der Waals surface area contributed by atoms with Crippen molar-refractivity contribution in [2.75, 3.05) is 12.3 Å². The Hall–Kier alpha value is -1.65.